The normalized spacial score (nSPS) is 10.7. The third-order valence-electron chi connectivity index (χ3n) is 2.00. The van der Waals surface area contributed by atoms with Gasteiger partial charge in [-0.15, -0.1) is 0 Å². The Balaban J connectivity index is 3.12. The van der Waals surface area contributed by atoms with Crippen LogP contribution in [0.5, 0.6) is 0 Å². The van der Waals surface area contributed by atoms with Gasteiger partial charge < -0.3 is 10.4 Å². The highest BCUT2D eigenvalue weighted by atomic mass is 16.4. The number of carboxylic acid groups (broad SMARTS) is 1. The van der Waals surface area contributed by atoms with Gasteiger partial charge in [0.15, 0.2) is 0 Å². The average molecular weight is 223 g/mol. The maximum atomic E-state index is 11.3. The van der Waals surface area contributed by atoms with Gasteiger partial charge in [-0.05, 0) is 19.9 Å². The molecule has 6 heteroatoms. The van der Waals surface area contributed by atoms with Gasteiger partial charge >= 0.3 is 5.97 Å². The number of allylic oxidation sites excluding steroid dienone is 1. The largest absolute Gasteiger partial charge is 0.477 e. The minimum Gasteiger partial charge on any atom is -0.477 e. The van der Waals surface area contributed by atoms with Gasteiger partial charge in [-0.3, -0.25) is 9.48 Å². The fraction of sp³-hybridized carbons (Fsp3) is 0.300. The summed E-state index contributed by atoms with van der Waals surface area (Å²) in [4.78, 5) is 22.3. The van der Waals surface area contributed by atoms with E-state index in [1.54, 1.807) is 27.0 Å². The van der Waals surface area contributed by atoms with Crippen molar-refractivity contribution in [1.82, 2.24) is 9.78 Å². The zero-order valence-electron chi connectivity index (χ0n) is 9.31. The van der Waals surface area contributed by atoms with Crippen LogP contribution in [0.2, 0.25) is 0 Å². The molecule has 0 unspecified atom stereocenters. The van der Waals surface area contributed by atoms with Gasteiger partial charge in [-0.25, -0.2) is 4.79 Å². The van der Waals surface area contributed by atoms with Gasteiger partial charge in [0, 0.05) is 7.05 Å². The molecule has 6 nitrogen and oxygen atoms in total. The van der Waals surface area contributed by atoms with E-state index in [-0.39, 0.29) is 17.3 Å². The number of rotatable bonds is 3. The number of carbonyl (C=O) groups is 2. The lowest BCUT2D eigenvalue weighted by Gasteiger charge is -2.03. The Kier molecular flexibility index (Phi) is 3.44. The Hall–Kier alpha value is -2.11. The van der Waals surface area contributed by atoms with Gasteiger partial charge in [-0.2, -0.15) is 5.10 Å². The minimum absolute atomic E-state index is 0.0142. The molecule has 0 aromatic carbocycles. The van der Waals surface area contributed by atoms with E-state index >= 15 is 0 Å². The lowest BCUT2D eigenvalue weighted by molar-refractivity contribution is -0.112. The predicted octanol–water partition coefficient (Wildman–Crippen LogP) is 0.941. The number of nitrogens with one attached hydrogen (secondary N) is 1. The first-order valence-corrected chi connectivity index (χ1v) is 4.68. The van der Waals surface area contributed by atoms with Crippen molar-refractivity contribution in [2.24, 2.45) is 7.05 Å². The van der Waals surface area contributed by atoms with Crippen LogP contribution in [0.25, 0.3) is 0 Å². The van der Waals surface area contributed by atoms with E-state index in [0.29, 0.717) is 5.69 Å². The molecule has 0 aliphatic carbocycles. The lowest BCUT2D eigenvalue weighted by Crippen LogP contribution is -2.14. The summed E-state index contributed by atoms with van der Waals surface area (Å²) in [6, 6.07) is 0. The number of aromatic carboxylic acids is 1. The number of anilines is 1. The molecule has 0 aliphatic rings. The van der Waals surface area contributed by atoms with Crippen LogP contribution in [0.1, 0.15) is 23.0 Å². The second kappa shape index (κ2) is 4.61. The molecule has 1 aromatic rings. The standard InChI is InChI=1S/C10H13N3O3/c1-4-5-7(14)11-9-8(10(15)16)6(2)12-13(9)3/h4-5H,1-3H3,(H,11,14)(H,15,16)/b5-4+. The molecule has 0 bridgehead atoms. The van der Waals surface area contributed by atoms with E-state index in [0.717, 1.165) is 0 Å². The summed E-state index contributed by atoms with van der Waals surface area (Å²) in [5, 5.41) is 15.4. The van der Waals surface area contributed by atoms with Crippen LogP contribution >= 0.6 is 0 Å². The first kappa shape index (κ1) is 12.0. The average Bonchev–Trinajstić information content (AvgIpc) is 2.41. The van der Waals surface area contributed by atoms with Crippen LogP contribution in [-0.2, 0) is 11.8 Å². The molecular formula is C10H13N3O3. The van der Waals surface area contributed by atoms with Crippen molar-refractivity contribution in [3.63, 3.8) is 0 Å². The predicted molar refractivity (Wildman–Crippen MR) is 58.3 cm³/mol. The highest BCUT2D eigenvalue weighted by Crippen LogP contribution is 2.18. The van der Waals surface area contributed by atoms with Gasteiger partial charge in [0.05, 0.1) is 5.69 Å². The van der Waals surface area contributed by atoms with Gasteiger partial charge in [0.2, 0.25) is 5.91 Å². The van der Waals surface area contributed by atoms with Crippen molar-refractivity contribution >= 4 is 17.7 Å². The SMILES string of the molecule is C/C=C/C(=O)Nc1c(C(=O)O)c(C)nn1C. The summed E-state index contributed by atoms with van der Waals surface area (Å²) in [5.41, 5.74) is 0.381. The molecule has 86 valence electrons. The first-order valence-electron chi connectivity index (χ1n) is 4.68. The smallest absolute Gasteiger partial charge is 0.341 e. The van der Waals surface area contributed by atoms with Crippen LogP contribution in [0, 0.1) is 6.92 Å². The molecule has 1 amide bonds. The Labute approximate surface area is 92.6 Å². The molecule has 1 rings (SSSR count). The van der Waals surface area contributed by atoms with Gasteiger partial charge in [-0.1, -0.05) is 6.08 Å². The van der Waals surface area contributed by atoms with Crippen molar-refractivity contribution in [1.29, 1.82) is 0 Å². The molecule has 1 aromatic heterocycles. The van der Waals surface area contributed by atoms with E-state index < -0.39 is 5.97 Å². The molecule has 2 N–H and O–H groups in total. The van der Waals surface area contributed by atoms with Crippen molar-refractivity contribution in [3.05, 3.63) is 23.4 Å². The maximum absolute atomic E-state index is 11.3. The second-order valence-electron chi connectivity index (χ2n) is 3.23. The molecular weight excluding hydrogens is 210 g/mol. The van der Waals surface area contributed by atoms with Crippen molar-refractivity contribution in [3.8, 4) is 0 Å². The summed E-state index contributed by atoms with van der Waals surface area (Å²) in [7, 11) is 1.57. The van der Waals surface area contributed by atoms with Crippen molar-refractivity contribution in [2.75, 3.05) is 5.32 Å². The van der Waals surface area contributed by atoms with Crippen LogP contribution < -0.4 is 5.32 Å². The molecule has 0 spiro atoms. The van der Waals surface area contributed by atoms with E-state index in [2.05, 4.69) is 10.4 Å². The molecule has 16 heavy (non-hydrogen) atoms. The van der Waals surface area contributed by atoms with Crippen LogP contribution in [-0.4, -0.2) is 26.8 Å². The van der Waals surface area contributed by atoms with Crippen molar-refractivity contribution < 1.29 is 14.7 Å². The van der Waals surface area contributed by atoms with E-state index in [1.807, 2.05) is 0 Å². The zero-order valence-corrected chi connectivity index (χ0v) is 9.31. The Bertz CT molecular complexity index is 460. The first-order chi connectivity index (χ1) is 7.47. The van der Waals surface area contributed by atoms with Crippen molar-refractivity contribution in [2.45, 2.75) is 13.8 Å². The molecule has 0 aliphatic heterocycles. The number of carboxylic acids is 1. The number of hydrogen-bond acceptors (Lipinski definition) is 3. The summed E-state index contributed by atoms with van der Waals surface area (Å²) in [6.07, 6.45) is 2.88. The number of amides is 1. The molecule has 0 saturated carbocycles. The number of aryl methyl sites for hydroxylation is 2. The highest BCUT2D eigenvalue weighted by Gasteiger charge is 2.20. The van der Waals surface area contributed by atoms with Gasteiger partial charge in [0.25, 0.3) is 0 Å². The topological polar surface area (TPSA) is 84.2 Å². The Morgan fingerprint density at radius 2 is 2.12 bits per heavy atom. The number of hydrogen-bond donors (Lipinski definition) is 2. The lowest BCUT2D eigenvalue weighted by atomic mass is 10.2. The second-order valence-corrected chi connectivity index (χ2v) is 3.23. The summed E-state index contributed by atoms with van der Waals surface area (Å²) in [6.45, 7) is 3.28. The van der Waals surface area contributed by atoms with Gasteiger partial charge in [0.1, 0.15) is 11.4 Å². The molecule has 1 heterocycles. The quantitative estimate of drug-likeness (QED) is 0.747. The Morgan fingerprint density at radius 1 is 1.50 bits per heavy atom. The highest BCUT2D eigenvalue weighted by molar-refractivity contribution is 6.04. The van der Waals surface area contributed by atoms with Crippen LogP contribution in [0.4, 0.5) is 5.82 Å². The minimum atomic E-state index is -1.11. The van der Waals surface area contributed by atoms with E-state index in [9.17, 15) is 9.59 Å². The van der Waals surface area contributed by atoms with Crippen LogP contribution in [0.3, 0.4) is 0 Å². The summed E-state index contributed by atoms with van der Waals surface area (Å²) < 4.78 is 1.33. The molecule has 0 saturated heterocycles. The summed E-state index contributed by atoms with van der Waals surface area (Å²) in [5.74, 6) is -1.30. The zero-order chi connectivity index (χ0) is 12.3. The number of carbonyl (C=O) groups excluding carboxylic acids is 1. The Morgan fingerprint density at radius 3 is 2.62 bits per heavy atom. The van der Waals surface area contributed by atoms with Crippen LogP contribution in [0.15, 0.2) is 12.2 Å². The maximum Gasteiger partial charge on any atom is 0.341 e. The third kappa shape index (κ3) is 2.28. The van der Waals surface area contributed by atoms with E-state index in [4.69, 9.17) is 5.11 Å². The number of aromatic nitrogens is 2. The summed E-state index contributed by atoms with van der Waals surface area (Å²) >= 11 is 0. The van der Waals surface area contributed by atoms with E-state index in [1.165, 1.54) is 10.8 Å². The third-order valence-corrected chi connectivity index (χ3v) is 2.00. The monoisotopic (exact) mass is 223 g/mol. The fourth-order valence-electron chi connectivity index (χ4n) is 1.37. The molecule has 0 radical (unpaired) electrons. The number of nitrogens with zero attached hydrogens (tertiary/aromatic N) is 2. The fourth-order valence-corrected chi connectivity index (χ4v) is 1.37. The molecule has 0 fully saturated rings. The molecule has 0 atom stereocenters.